The van der Waals surface area contributed by atoms with Gasteiger partial charge < -0.3 is 10.3 Å². The Balaban J connectivity index is -0.00000000357. The van der Waals surface area contributed by atoms with Crippen LogP contribution in [0, 0.1) is 0 Å². The summed E-state index contributed by atoms with van der Waals surface area (Å²) in [5.41, 5.74) is 0. The van der Waals surface area contributed by atoms with Gasteiger partial charge in [0, 0.05) is 0 Å². The Kier molecular flexibility index (Phi) is 1590. The molecule has 0 fully saturated rings. The van der Waals surface area contributed by atoms with Crippen molar-refractivity contribution in [3.8, 4) is 0 Å². The van der Waals surface area contributed by atoms with Gasteiger partial charge in [-0.15, -0.1) is 0 Å². The molecule has 2 nitrogen and oxygen atoms in total. The summed E-state index contributed by atoms with van der Waals surface area (Å²) in [6.07, 6.45) is 0. The number of hydrogen-bond acceptors (Lipinski definition) is 1. The molecule has 0 amide bonds. The van der Waals surface area contributed by atoms with Gasteiger partial charge in [0.1, 0.15) is 0 Å². The first-order chi connectivity index (χ1) is 2.41. The molecule has 0 radical (unpaired) electrons. The van der Waals surface area contributed by atoms with Crippen LogP contribution in [0.4, 0.5) is 0 Å². The molecule has 9 heavy (non-hydrogen) atoms. The van der Waals surface area contributed by atoms with Crippen LogP contribution in [0.5, 0.6) is 0 Å². The summed E-state index contributed by atoms with van der Waals surface area (Å²) in [6.45, 7) is 3.96. The molecule has 0 spiro atoms. The van der Waals surface area contributed by atoms with E-state index in [9.17, 15) is 0 Å². The molecular weight excluding hydrogens is 148 g/mol. The van der Waals surface area contributed by atoms with Crippen LogP contribution in [-0.4, -0.2) is 30.3 Å². The molecule has 66 valence electrons. The van der Waals surface area contributed by atoms with E-state index in [1.807, 2.05) is 6.55 Å². The van der Waals surface area contributed by atoms with Crippen LogP contribution in [0.3, 0.4) is 0 Å². The van der Waals surface area contributed by atoms with E-state index in [2.05, 4.69) is 6.55 Å². The largest absolute Gasteiger partial charge is 0.438 e. The van der Waals surface area contributed by atoms with Gasteiger partial charge in [-0.05, 0) is 10.2 Å². The van der Waals surface area contributed by atoms with Crippen molar-refractivity contribution in [2.45, 2.75) is 35.4 Å². The SMILES string of the molecule is C.C.C.C[SiH2]O.C[SiH3].O. The maximum absolute atomic E-state index is 7.71. The van der Waals surface area contributed by atoms with Crippen LogP contribution in [0.25, 0.3) is 0 Å². The van der Waals surface area contributed by atoms with Crippen LogP contribution in [0.2, 0.25) is 13.1 Å². The van der Waals surface area contributed by atoms with Gasteiger partial charge in [0.05, 0.1) is 0 Å². The summed E-state index contributed by atoms with van der Waals surface area (Å²) in [7, 11) is 0.722. The Morgan fingerprint density at radius 1 is 1.11 bits per heavy atom. The lowest BCUT2D eigenvalue weighted by Crippen LogP contribution is -1.65. The zero-order valence-corrected chi connectivity index (χ0v) is 8.07. The predicted octanol–water partition coefficient (Wildman–Crippen LogP) is -0.406. The summed E-state index contributed by atoms with van der Waals surface area (Å²) in [5.74, 6) is 0. The topological polar surface area (TPSA) is 51.7 Å². The second-order valence-corrected chi connectivity index (χ2v) is 0.949. The lowest BCUT2D eigenvalue weighted by Gasteiger charge is -1.49. The molecule has 4 heteroatoms. The standard InChI is InChI=1S/CH6OSi.CH6Si.3CH4.H2O/c1-3-2;1-2;;;;/h2H,3H2,1H3;1-2H3;3*1H4;1H2. The minimum Gasteiger partial charge on any atom is -0.438 e. The van der Waals surface area contributed by atoms with Gasteiger partial charge in [0.2, 0.25) is 0 Å². The van der Waals surface area contributed by atoms with Gasteiger partial charge in [0.15, 0.2) is 9.76 Å². The van der Waals surface area contributed by atoms with Gasteiger partial charge >= 0.3 is 0 Å². The smallest absolute Gasteiger partial charge is 0.153 e. The van der Waals surface area contributed by atoms with E-state index in [0.29, 0.717) is 0 Å². The maximum atomic E-state index is 7.71. The van der Waals surface area contributed by atoms with Crippen molar-refractivity contribution in [1.29, 1.82) is 0 Å². The maximum Gasteiger partial charge on any atom is 0.153 e. The summed E-state index contributed by atoms with van der Waals surface area (Å²) in [5, 5.41) is 0. The summed E-state index contributed by atoms with van der Waals surface area (Å²) in [4.78, 5) is 7.71. The highest BCUT2D eigenvalue weighted by Gasteiger charge is 1.39. The molecule has 0 rings (SSSR count). The van der Waals surface area contributed by atoms with Crippen molar-refractivity contribution < 1.29 is 10.3 Å². The summed E-state index contributed by atoms with van der Waals surface area (Å²) in [6, 6.07) is 0. The highest BCUT2D eigenvalue weighted by molar-refractivity contribution is 6.22. The van der Waals surface area contributed by atoms with Crippen molar-refractivity contribution in [3.05, 3.63) is 0 Å². The van der Waals surface area contributed by atoms with E-state index in [-0.39, 0.29) is 27.8 Å². The number of rotatable bonds is 0. The van der Waals surface area contributed by atoms with Crippen LogP contribution >= 0.6 is 0 Å². The van der Waals surface area contributed by atoms with Crippen LogP contribution in [0.1, 0.15) is 22.3 Å². The molecule has 0 unspecified atom stereocenters. The molecule has 0 aliphatic rings. The quantitative estimate of drug-likeness (QED) is 0.499. The lowest BCUT2D eigenvalue weighted by atomic mass is 11.9. The van der Waals surface area contributed by atoms with Crippen LogP contribution in [-0.2, 0) is 0 Å². The zero-order chi connectivity index (χ0) is 4.71. The lowest BCUT2D eigenvalue weighted by molar-refractivity contribution is 0.610. The molecule has 0 aromatic heterocycles. The normalized spacial score (nSPS) is 4.33. The zero-order valence-electron chi connectivity index (χ0n) is 4.65. The Morgan fingerprint density at radius 3 is 1.11 bits per heavy atom. The molecule has 0 aromatic rings. The van der Waals surface area contributed by atoms with Gasteiger partial charge in [-0.25, -0.2) is 0 Å². The molecule has 0 aliphatic carbocycles. The second-order valence-electron chi connectivity index (χ2n) is 0.316. The third-order valence-electron chi connectivity index (χ3n) is 0. The molecule has 0 atom stereocenters. The van der Waals surface area contributed by atoms with Crippen molar-refractivity contribution >= 4 is 20.0 Å². The van der Waals surface area contributed by atoms with Gasteiger partial charge in [-0.1, -0.05) is 35.4 Å². The van der Waals surface area contributed by atoms with E-state index in [1.165, 1.54) is 10.2 Å². The monoisotopic (exact) mass is 174 g/mol. The minimum atomic E-state index is -0.583. The molecule has 3 N–H and O–H groups in total. The highest BCUT2D eigenvalue weighted by atomic mass is 28.2. The first-order valence-electron chi connectivity index (χ1n) is 2.02. The van der Waals surface area contributed by atoms with Crippen LogP contribution < -0.4 is 0 Å². The minimum absolute atomic E-state index is 0. The number of hydrogen-bond donors (Lipinski definition) is 1. The van der Waals surface area contributed by atoms with Gasteiger partial charge in [0.25, 0.3) is 0 Å². The fourth-order valence-electron chi connectivity index (χ4n) is 0. The molecule has 0 saturated carbocycles. The predicted molar refractivity (Wildman–Crippen MR) is 56.2 cm³/mol. The third kappa shape index (κ3) is 2690. The van der Waals surface area contributed by atoms with E-state index in [4.69, 9.17) is 4.80 Å². The average Bonchev–Trinajstić information content (AvgIpc) is 1.46. The Morgan fingerprint density at radius 2 is 1.11 bits per heavy atom. The Labute approximate surface area is 66.4 Å². The Bertz CT molecular complexity index is 12.9. The van der Waals surface area contributed by atoms with Crippen molar-refractivity contribution in [2.24, 2.45) is 0 Å². The highest BCUT2D eigenvalue weighted by Crippen LogP contribution is 1.24. The molecule has 0 saturated heterocycles. The van der Waals surface area contributed by atoms with Crippen LogP contribution in [0.15, 0.2) is 0 Å². The molecule has 0 bridgehead atoms. The van der Waals surface area contributed by atoms with E-state index < -0.39 is 9.76 Å². The van der Waals surface area contributed by atoms with Gasteiger partial charge in [-0.3, -0.25) is 0 Å². The fraction of sp³-hybridized carbons (Fsp3) is 1.00. The average molecular weight is 174 g/mol. The fourth-order valence-corrected chi connectivity index (χ4v) is 0. The molecule has 0 aromatic carbocycles. The molecular formula is C5H26O2Si2. The summed E-state index contributed by atoms with van der Waals surface area (Å²) >= 11 is 0. The Hall–Kier alpha value is 0.354. The van der Waals surface area contributed by atoms with E-state index in [1.54, 1.807) is 0 Å². The molecule has 0 heterocycles. The van der Waals surface area contributed by atoms with Crippen molar-refractivity contribution in [1.82, 2.24) is 0 Å². The first-order valence-corrected chi connectivity index (χ1v) is 6.07. The second kappa shape index (κ2) is 246. The van der Waals surface area contributed by atoms with Crippen molar-refractivity contribution in [2.75, 3.05) is 0 Å². The van der Waals surface area contributed by atoms with E-state index in [0.717, 1.165) is 0 Å². The third-order valence-corrected chi connectivity index (χ3v) is 0. The first kappa shape index (κ1) is 58.0. The van der Waals surface area contributed by atoms with E-state index >= 15 is 0 Å². The molecule has 0 aliphatic heterocycles. The van der Waals surface area contributed by atoms with Crippen molar-refractivity contribution in [3.63, 3.8) is 0 Å². The van der Waals surface area contributed by atoms with Gasteiger partial charge in [-0.2, -0.15) is 0 Å². The summed E-state index contributed by atoms with van der Waals surface area (Å²) < 4.78 is 0.